The van der Waals surface area contributed by atoms with Gasteiger partial charge in [0.15, 0.2) is 6.61 Å². The normalized spacial score (nSPS) is 15.5. The Hall–Kier alpha value is -3.06. The van der Waals surface area contributed by atoms with Crippen LogP contribution in [-0.2, 0) is 14.3 Å². The first-order valence-electron chi connectivity index (χ1n) is 11.9. The first-order valence-corrected chi connectivity index (χ1v) is 11.9. The fraction of sp³-hybridized carbons (Fsp3) is 0.481. The van der Waals surface area contributed by atoms with Crippen molar-refractivity contribution in [1.82, 2.24) is 10.2 Å². The number of carbonyl (C=O) groups excluding carboxylic acids is 2. The van der Waals surface area contributed by atoms with Gasteiger partial charge in [-0.15, -0.1) is 0 Å². The molecule has 2 aromatic rings. The summed E-state index contributed by atoms with van der Waals surface area (Å²) in [5.41, 5.74) is 2.90. The van der Waals surface area contributed by atoms with Crippen LogP contribution in [0.2, 0.25) is 0 Å². The fourth-order valence-electron chi connectivity index (χ4n) is 3.99. The Balaban J connectivity index is 1.65. The second kappa shape index (κ2) is 11.4. The lowest BCUT2D eigenvalue weighted by molar-refractivity contribution is -0.156. The third kappa shape index (κ3) is 6.97. The Kier molecular flexibility index (Phi) is 8.56. The molecule has 1 heterocycles. The molecular weight excluding hydrogens is 428 g/mol. The van der Waals surface area contributed by atoms with E-state index in [1.807, 2.05) is 20.2 Å². The van der Waals surface area contributed by atoms with Crippen LogP contribution in [0.25, 0.3) is 0 Å². The van der Waals surface area contributed by atoms with Gasteiger partial charge in [0, 0.05) is 58.2 Å². The molecule has 0 aromatic heterocycles. The zero-order valence-corrected chi connectivity index (χ0v) is 21.1. The second-order valence-electron chi connectivity index (χ2n) is 9.99. The molecule has 1 N–H and O–H groups in total. The summed E-state index contributed by atoms with van der Waals surface area (Å²) in [4.78, 5) is 31.3. The first-order chi connectivity index (χ1) is 16.1. The molecular formula is C27H38N4O3. The SMILES string of the molecule is CN(C)c1ccc(C(CNC(=O)COC(=O)C(C)(C)C)N2CCN(c3ccccc3)CC2)cc1. The van der Waals surface area contributed by atoms with E-state index < -0.39 is 5.41 Å². The molecule has 0 spiro atoms. The highest BCUT2D eigenvalue weighted by molar-refractivity contribution is 5.82. The van der Waals surface area contributed by atoms with E-state index >= 15 is 0 Å². The summed E-state index contributed by atoms with van der Waals surface area (Å²) >= 11 is 0. The van der Waals surface area contributed by atoms with Crippen molar-refractivity contribution in [2.45, 2.75) is 26.8 Å². The highest BCUT2D eigenvalue weighted by Gasteiger charge is 2.27. The van der Waals surface area contributed by atoms with E-state index in [1.54, 1.807) is 20.8 Å². The Labute approximate surface area is 203 Å². The number of nitrogens with zero attached hydrogens (tertiary/aromatic N) is 3. The lowest BCUT2D eigenvalue weighted by atomic mass is 9.97. The predicted octanol–water partition coefficient (Wildman–Crippen LogP) is 3.32. The third-order valence-electron chi connectivity index (χ3n) is 6.11. The van der Waals surface area contributed by atoms with Crippen LogP contribution in [0.1, 0.15) is 32.4 Å². The van der Waals surface area contributed by atoms with Crippen LogP contribution < -0.4 is 15.1 Å². The average molecular weight is 467 g/mol. The number of carbonyl (C=O) groups is 2. The van der Waals surface area contributed by atoms with Gasteiger partial charge in [-0.05, 0) is 50.6 Å². The zero-order valence-electron chi connectivity index (χ0n) is 21.1. The molecule has 1 atom stereocenters. The molecule has 7 nitrogen and oxygen atoms in total. The molecule has 1 aliphatic rings. The molecule has 1 aliphatic heterocycles. The van der Waals surface area contributed by atoms with Crippen molar-refractivity contribution in [3.05, 3.63) is 60.2 Å². The van der Waals surface area contributed by atoms with Gasteiger partial charge in [0.25, 0.3) is 5.91 Å². The summed E-state index contributed by atoms with van der Waals surface area (Å²) in [5, 5.41) is 2.98. The summed E-state index contributed by atoms with van der Waals surface area (Å²) in [7, 11) is 4.04. The number of hydrogen-bond donors (Lipinski definition) is 1. The molecule has 0 bridgehead atoms. The summed E-state index contributed by atoms with van der Waals surface area (Å²) in [6.45, 7) is 9.15. The molecule has 7 heteroatoms. The van der Waals surface area contributed by atoms with Crippen molar-refractivity contribution in [2.24, 2.45) is 5.41 Å². The first kappa shape index (κ1) is 25.6. The van der Waals surface area contributed by atoms with E-state index in [-0.39, 0.29) is 24.5 Å². The van der Waals surface area contributed by atoms with Crippen LogP contribution in [0.5, 0.6) is 0 Å². The number of esters is 1. The lowest BCUT2D eigenvalue weighted by Gasteiger charge is -2.40. The van der Waals surface area contributed by atoms with Crippen molar-refractivity contribution >= 4 is 23.3 Å². The monoisotopic (exact) mass is 466 g/mol. The molecule has 0 aliphatic carbocycles. The highest BCUT2D eigenvalue weighted by atomic mass is 16.5. The quantitative estimate of drug-likeness (QED) is 0.602. The van der Waals surface area contributed by atoms with Gasteiger partial charge in [-0.25, -0.2) is 0 Å². The van der Waals surface area contributed by atoms with Crippen molar-refractivity contribution < 1.29 is 14.3 Å². The van der Waals surface area contributed by atoms with E-state index in [4.69, 9.17) is 4.74 Å². The number of amides is 1. The van der Waals surface area contributed by atoms with Gasteiger partial charge in [-0.1, -0.05) is 30.3 Å². The maximum atomic E-state index is 12.5. The molecule has 184 valence electrons. The molecule has 1 amide bonds. The van der Waals surface area contributed by atoms with Gasteiger partial charge >= 0.3 is 5.97 Å². The van der Waals surface area contributed by atoms with Crippen LogP contribution in [0, 0.1) is 5.41 Å². The van der Waals surface area contributed by atoms with Crippen LogP contribution in [0.15, 0.2) is 54.6 Å². The number of ether oxygens (including phenoxy) is 1. The van der Waals surface area contributed by atoms with E-state index in [0.29, 0.717) is 6.54 Å². The maximum absolute atomic E-state index is 12.5. The van der Waals surface area contributed by atoms with Crippen LogP contribution >= 0.6 is 0 Å². The summed E-state index contributed by atoms with van der Waals surface area (Å²) in [5.74, 6) is -0.661. The van der Waals surface area contributed by atoms with Gasteiger partial charge in [-0.2, -0.15) is 0 Å². The van der Waals surface area contributed by atoms with Crippen molar-refractivity contribution in [3.63, 3.8) is 0 Å². The zero-order chi connectivity index (χ0) is 24.7. The summed E-state index contributed by atoms with van der Waals surface area (Å²) < 4.78 is 5.18. The fourth-order valence-corrected chi connectivity index (χ4v) is 3.99. The molecule has 1 unspecified atom stereocenters. The minimum atomic E-state index is -0.630. The number of piperazine rings is 1. The second-order valence-corrected chi connectivity index (χ2v) is 9.99. The van der Waals surface area contributed by atoms with Crippen molar-refractivity contribution in [3.8, 4) is 0 Å². The smallest absolute Gasteiger partial charge is 0.311 e. The van der Waals surface area contributed by atoms with Crippen molar-refractivity contribution in [1.29, 1.82) is 0 Å². The number of para-hydroxylation sites is 1. The van der Waals surface area contributed by atoms with Gasteiger partial charge in [0.05, 0.1) is 11.5 Å². The highest BCUT2D eigenvalue weighted by Crippen LogP contribution is 2.26. The average Bonchev–Trinajstić information content (AvgIpc) is 2.83. The minimum absolute atomic E-state index is 0.0383. The van der Waals surface area contributed by atoms with Gasteiger partial charge in [-0.3, -0.25) is 14.5 Å². The number of anilines is 2. The molecule has 0 radical (unpaired) electrons. The van der Waals surface area contributed by atoms with Crippen molar-refractivity contribution in [2.75, 3.05) is 63.2 Å². The Bertz CT molecular complexity index is 931. The van der Waals surface area contributed by atoms with Gasteiger partial charge in [0.2, 0.25) is 0 Å². The number of benzene rings is 2. The molecule has 3 rings (SSSR count). The van der Waals surface area contributed by atoms with E-state index in [2.05, 4.69) is 68.5 Å². The maximum Gasteiger partial charge on any atom is 0.311 e. The molecule has 2 aromatic carbocycles. The van der Waals surface area contributed by atoms with Crippen LogP contribution in [0.4, 0.5) is 11.4 Å². The van der Waals surface area contributed by atoms with E-state index in [9.17, 15) is 9.59 Å². The van der Waals surface area contributed by atoms with E-state index in [1.165, 1.54) is 5.69 Å². The summed E-state index contributed by atoms with van der Waals surface area (Å²) in [6.07, 6.45) is 0. The topological polar surface area (TPSA) is 65.1 Å². The largest absolute Gasteiger partial charge is 0.455 e. The van der Waals surface area contributed by atoms with E-state index in [0.717, 1.165) is 37.4 Å². The Morgan fingerprint density at radius 3 is 2.15 bits per heavy atom. The molecule has 0 saturated carbocycles. The molecule has 34 heavy (non-hydrogen) atoms. The Morgan fingerprint density at radius 1 is 0.971 bits per heavy atom. The van der Waals surface area contributed by atoms with Crippen LogP contribution in [-0.4, -0.2) is 70.2 Å². The standard InChI is InChI=1S/C27H38N4O3/c1-27(2,3)26(33)34-20-25(32)28-19-24(21-11-13-22(14-12-21)29(4)5)31-17-15-30(16-18-31)23-9-7-6-8-10-23/h6-14,24H,15-20H2,1-5H3,(H,28,32). The van der Waals surface area contributed by atoms with Gasteiger partial charge in [0.1, 0.15) is 0 Å². The third-order valence-corrected chi connectivity index (χ3v) is 6.11. The summed E-state index contributed by atoms with van der Waals surface area (Å²) in [6, 6.07) is 19.0. The van der Waals surface area contributed by atoms with Gasteiger partial charge < -0.3 is 19.9 Å². The van der Waals surface area contributed by atoms with Crippen LogP contribution in [0.3, 0.4) is 0 Å². The number of hydrogen-bond acceptors (Lipinski definition) is 6. The predicted molar refractivity (Wildman–Crippen MR) is 137 cm³/mol. The molecule has 1 saturated heterocycles. The molecule has 1 fully saturated rings. The number of nitrogens with one attached hydrogen (secondary N) is 1. The minimum Gasteiger partial charge on any atom is -0.455 e. The lowest BCUT2D eigenvalue weighted by Crippen LogP contribution is -2.50. The Morgan fingerprint density at radius 2 is 1.59 bits per heavy atom. The number of rotatable bonds is 8.